The molecule has 2 aromatic rings. The Hall–Kier alpha value is -1.37. The van der Waals surface area contributed by atoms with Crippen molar-refractivity contribution in [2.75, 3.05) is 21.1 Å². The average molecular weight is 567 g/mol. The number of ether oxygens (including phenoxy) is 1. The fourth-order valence-corrected chi connectivity index (χ4v) is 4.89. The number of benzene rings is 1. The van der Waals surface area contributed by atoms with Crippen LogP contribution in [-0.4, -0.2) is 45.4 Å². The molecule has 30 heavy (non-hydrogen) atoms. The van der Waals surface area contributed by atoms with Crippen LogP contribution in [0.4, 0.5) is 0 Å². The van der Waals surface area contributed by atoms with Crippen molar-refractivity contribution in [3.8, 4) is 5.75 Å². The van der Waals surface area contributed by atoms with E-state index < -0.39 is 10.0 Å². The number of hydrogen-bond acceptors (Lipinski definition) is 5. The van der Waals surface area contributed by atoms with E-state index in [1.165, 1.54) is 29.7 Å². The number of halogens is 1. The predicted octanol–water partition coefficient (Wildman–Crippen LogP) is 3.66. The quantitative estimate of drug-likeness (QED) is 0.304. The highest BCUT2D eigenvalue weighted by Crippen LogP contribution is 2.24. The summed E-state index contributed by atoms with van der Waals surface area (Å²) in [5, 5.41) is 6.49. The number of nitrogens with zero attached hydrogens (tertiary/aromatic N) is 2. The first-order chi connectivity index (χ1) is 13.5. The smallest absolute Gasteiger partial charge is 0.252 e. The first kappa shape index (κ1) is 26.7. The van der Waals surface area contributed by atoms with Crippen molar-refractivity contribution >= 4 is 51.3 Å². The third kappa shape index (κ3) is 7.71. The second-order valence-electron chi connectivity index (χ2n) is 7.61. The summed E-state index contributed by atoms with van der Waals surface area (Å²) in [6.45, 7) is 7.08. The van der Waals surface area contributed by atoms with Gasteiger partial charge in [-0.25, -0.2) is 12.7 Å². The molecule has 1 heterocycles. The Kier molecular flexibility index (Phi) is 10.0. The van der Waals surface area contributed by atoms with Gasteiger partial charge in [-0.15, -0.1) is 35.3 Å². The highest BCUT2D eigenvalue weighted by atomic mass is 127. The Labute approximate surface area is 201 Å². The Morgan fingerprint density at radius 3 is 2.33 bits per heavy atom. The Balaban J connectivity index is 0.00000450. The van der Waals surface area contributed by atoms with Gasteiger partial charge < -0.3 is 15.4 Å². The minimum atomic E-state index is -3.40. The standard InChI is InChI=1S/C20H30N4O3S2.HI/c1-20(2,3)27-17-10-8-7-9-15(17)13-22-19(21-4)23-14-16-11-12-18(28-16)29(25,26)24(5)6;/h7-12H,13-14H2,1-6H3,(H2,21,22,23);1H. The summed E-state index contributed by atoms with van der Waals surface area (Å²) in [6, 6.07) is 11.3. The van der Waals surface area contributed by atoms with Crippen molar-refractivity contribution < 1.29 is 13.2 Å². The van der Waals surface area contributed by atoms with Crippen LogP contribution in [0.1, 0.15) is 31.2 Å². The molecular formula is C20H31IN4O3S2. The maximum atomic E-state index is 12.2. The summed E-state index contributed by atoms with van der Waals surface area (Å²) < 4.78 is 32.0. The summed E-state index contributed by atoms with van der Waals surface area (Å²) >= 11 is 1.25. The summed E-state index contributed by atoms with van der Waals surface area (Å²) in [7, 11) is 1.35. The second-order valence-corrected chi connectivity index (χ2v) is 11.2. The van der Waals surface area contributed by atoms with Crippen molar-refractivity contribution in [2.45, 2.75) is 43.7 Å². The van der Waals surface area contributed by atoms with E-state index in [0.29, 0.717) is 23.3 Å². The molecule has 0 unspecified atom stereocenters. The van der Waals surface area contributed by atoms with Crippen LogP contribution in [-0.2, 0) is 23.1 Å². The molecule has 0 aliphatic rings. The molecule has 7 nitrogen and oxygen atoms in total. The molecule has 0 aliphatic heterocycles. The molecule has 10 heteroatoms. The molecule has 1 aromatic heterocycles. The van der Waals surface area contributed by atoms with Crippen LogP contribution < -0.4 is 15.4 Å². The first-order valence-corrected chi connectivity index (χ1v) is 11.5. The topological polar surface area (TPSA) is 83.0 Å². The van der Waals surface area contributed by atoms with E-state index in [1.54, 1.807) is 13.1 Å². The lowest BCUT2D eigenvalue weighted by molar-refractivity contribution is 0.129. The molecule has 1 aromatic carbocycles. The zero-order valence-electron chi connectivity index (χ0n) is 18.2. The molecule has 168 valence electrons. The molecule has 0 fully saturated rings. The number of sulfonamides is 1. The number of thiophene rings is 1. The average Bonchev–Trinajstić information content (AvgIpc) is 3.11. The van der Waals surface area contributed by atoms with Gasteiger partial charge in [0.1, 0.15) is 15.6 Å². The number of guanidine groups is 1. The molecule has 0 amide bonds. The Bertz CT molecular complexity index is 951. The third-order valence-electron chi connectivity index (χ3n) is 3.86. The summed E-state index contributed by atoms with van der Waals surface area (Å²) in [5.74, 6) is 1.46. The fourth-order valence-electron chi connectivity index (χ4n) is 2.42. The first-order valence-electron chi connectivity index (χ1n) is 9.25. The van der Waals surface area contributed by atoms with Gasteiger partial charge in [0.2, 0.25) is 0 Å². The van der Waals surface area contributed by atoms with E-state index in [2.05, 4.69) is 15.6 Å². The molecule has 2 N–H and O–H groups in total. The van der Waals surface area contributed by atoms with Crippen LogP contribution in [0, 0.1) is 0 Å². The highest BCUT2D eigenvalue weighted by molar-refractivity contribution is 14.0. The second kappa shape index (κ2) is 11.3. The normalized spacial score (nSPS) is 12.4. The predicted molar refractivity (Wildman–Crippen MR) is 134 cm³/mol. The van der Waals surface area contributed by atoms with Gasteiger partial charge in [0.05, 0.1) is 6.54 Å². The van der Waals surface area contributed by atoms with Crippen LogP contribution in [0.2, 0.25) is 0 Å². The van der Waals surface area contributed by atoms with Crippen LogP contribution in [0.5, 0.6) is 5.75 Å². The molecule has 2 rings (SSSR count). The van der Waals surface area contributed by atoms with Gasteiger partial charge in [0.25, 0.3) is 10.0 Å². The van der Waals surface area contributed by atoms with E-state index >= 15 is 0 Å². The number of nitrogens with one attached hydrogen (secondary N) is 2. The van der Waals surface area contributed by atoms with Crippen LogP contribution in [0.15, 0.2) is 45.6 Å². The van der Waals surface area contributed by atoms with Crippen molar-refractivity contribution in [3.63, 3.8) is 0 Å². The van der Waals surface area contributed by atoms with E-state index in [1.807, 2.05) is 51.1 Å². The van der Waals surface area contributed by atoms with E-state index in [9.17, 15) is 8.42 Å². The van der Waals surface area contributed by atoms with Crippen LogP contribution in [0.25, 0.3) is 0 Å². The third-order valence-corrected chi connectivity index (χ3v) is 7.23. The van der Waals surface area contributed by atoms with E-state index in [4.69, 9.17) is 4.74 Å². The zero-order chi connectivity index (χ0) is 21.7. The van der Waals surface area contributed by atoms with Crippen LogP contribution in [0.3, 0.4) is 0 Å². The zero-order valence-corrected chi connectivity index (χ0v) is 22.2. The van der Waals surface area contributed by atoms with Crippen molar-refractivity contribution in [2.24, 2.45) is 4.99 Å². The van der Waals surface area contributed by atoms with Gasteiger partial charge in [-0.05, 0) is 39.0 Å². The summed E-state index contributed by atoms with van der Waals surface area (Å²) in [6.07, 6.45) is 0. The molecule has 0 radical (unpaired) electrons. The SMILES string of the molecule is CN=C(NCc1ccc(S(=O)(=O)N(C)C)s1)NCc1ccccc1OC(C)(C)C.I. The number of hydrogen-bond donors (Lipinski definition) is 2. The van der Waals surface area contributed by atoms with Gasteiger partial charge >= 0.3 is 0 Å². The molecule has 0 atom stereocenters. The van der Waals surface area contributed by atoms with Gasteiger partial charge in [-0.1, -0.05) is 18.2 Å². The molecule has 0 bridgehead atoms. The van der Waals surface area contributed by atoms with Crippen LogP contribution >= 0.6 is 35.3 Å². The summed E-state index contributed by atoms with van der Waals surface area (Å²) in [5.41, 5.74) is 0.751. The van der Waals surface area contributed by atoms with E-state index in [0.717, 1.165) is 16.2 Å². The lowest BCUT2D eigenvalue weighted by Crippen LogP contribution is -2.36. The number of rotatable bonds is 7. The van der Waals surface area contributed by atoms with Crippen molar-refractivity contribution in [1.82, 2.24) is 14.9 Å². The molecule has 0 aliphatic carbocycles. The van der Waals surface area contributed by atoms with Gasteiger partial charge in [0.15, 0.2) is 5.96 Å². The summed E-state index contributed by atoms with van der Waals surface area (Å²) in [4.78, 5) is 5.15. The van der Waals surface area contributed by atoms with Gasteiger partial charge in [-0.3, -0.25) is 4.99 Å². The highest BCUT2D eigenvalue weighted by Gasteiger charge is 2.19. The van der Waals surface area contributed by atoms with Crippen molar-refractivity contribution in [1.29, 1.82) is 0 Å². The maximum Gasteiger partial charge on any atom is 0.252 e. The largest absolute Gasteiger partial charge is 0.488 e. The fraction of sp³-hybridized carbons (Fsp3) is 0.450. The molecule has 0 saturated carbocycles. The molecular weight excluding hydrogens is 535 g/mol. The van der Waals surface area contributed by atoms with Gasteiger partial charge in [0, 0.05) is 38.1 Å². The number of aliphatic imine (C=N–C) groups is 1. The number of para-hydroxylation sites is 1. The lowest BCUT2D eigenvalue weighted by Gasteiger charge is -2.23. The van der Waals surface area contributed by atoms with Crippen molar-refractivity contribution in [3.05, 3.63) is 46.8 Å². The van der Waals surface area contributed by atoms with Gasteiger partial charge in [-0.2, -0.15) is 0 Å². The Morgan fingerprint density at radius 1 is 1.10 bits per heavy atom. The van der Waals surface area contributed by atoms with E-state index in [-0.39, 0.29) is 29.6 Å². The lowest BCUT2D eigenvalue weighted by atomic mass is 10.1. The Morgan fingerprint density at radius 2 is 1.73 bits per heavy atom. The maximum absolute atomic E-state index is 12.2. The molecule has 0 saturated heterocycles. The minimum Gasteiger partial charge on any atom is -0.488 e. The molecule has 0 spiro atoms. The minimum absolute atomic E-state index is 0. The monoisotopic (exact) mass is 566 g/mol.